The van der Waals surface area contributed by atoms with Crippen molar-refractivity contribution in [3.63, 3.8) is 0 Å². The molecular weight excluding hydrogens is 168 g/mol. The van der Waals surface area contributed by atoms with Gasteiger partial charge < -0.3 is 5.11 Å². The third-order valence-electron chi connectivity index (χ3n) is 4.51. The Hall–Kier alpha value is -0.120. The van der Waals surface area contributed by atoms with Crippen molar-refractivity contribution in [3.8, 4) is 0 Å². The first-order valence-electron chi connectivity index (χ1n) is 4.92. The summed E-state index contributed by atoms with van der Waals surface area (Å²) in [5.74, 6) is 0.780. The SMILES string of the molecule is CC1(C)C2CC(O)C(C)(O[O])C1C2. The minimum absolute atomic E-state index is 0.165. The predicted octanol–water partition coefficient (Wildman–Crippen LogP) is 1.53. The summed E-state index contributed by atoms with van der Waals surface area (Å²) in [6, 6.07) is 0. The molecule has 4 unspecified atom stereocenters. The van der Waals surface area contributed by atoms with Gasteiger partial charge in [-0.2, -0.15) is 4.89 Å². The summed E-state index contributed by atoms with van der Waals surface area (Å²) in [4.78, 5) is 4.28. The Morgan fingerprint density at radius 2 is 1.92 bits per heavy atom. The van der Waals surface area contributed by atoms with Gasteiger partial charge in [-0.05, 0) is 42.3 Å². The van der Waals surface area contributed by atoms with Gasteiger partial charge in [-0.15, -0.1) is 0 Å². The Labute approximate surface area is 78.6 Å². The minimum atomic E-state index is -0.863. The molecule has 3 heteroatoms. The number of hydrogen-bond donors (Lipinski definition) is 1. The van der Waals surface area contributed by atoms with E-state index in [1.54, 1.807) is 6.92 Å². The maximum Gasteiger partial charge on any atom is 0.133 e. The van der Waals surface area contributed by atoms with Gasteiger partial charge in [-0.25, -0.2) is 0 Å². The van der Waals surface area contributed by atoms with Gasteiger partial charge in [0.25, 0.3) is 0 Å². The van der Waals surface area contributed by atoms with Crippen LogP contribution in [0.2, 0.25) is 0 Å². The van der Waals surface area contributed by atoms with E-state index in [-0.39, 0.29) is 11.3 Å². The molecule has 0 aromatic rings. The standard InChI is InChI=1S/C10H17O3/c1-9(2)6-4-7(9)10(3,13-12)8(11)5-6/h6-8,11H,4-5H2,1-3H3. The lowest BCUT2D eigenvalue weighted by molar-refractivity contribution is -0.429. The molecule has 3 fully saturated rings. The van der Waals surface area contributed by atoms with Crippen molar-refractivity contribution in [2.24, 2.45) is 17.3 Å². The van der Waals surface area contributed by atoms with Crippen LogP contribution < -0.4 is 0 Å². The zero-order chi connectivity index (χ0) is 9.85. The molecule has 2 bridgehead atoms. The fraction of sp³-hybridized carbons (Fsp3) is 1.00. The lowest BCUT2D eigenvalue weighted by atomic mass is 9.43. The van der Waals surface area contributed by atoms with Crippen molar-refractivity contribution in [3.05, 3.63) is 0 Å². The van der Waals surface area contributed by atoms with Crippen LogP contribution in [0, 0.1) is 17.3 Å². The fourth-order valence-corrected chi connectivity index (χ4v) is 3.24. The van der Waals surface area contributed by atoms with E-state index < -0.39 is 11.7 Å². The molecule has 1 radical (unpaired) electrons. The summed E-state index contributed by atoms with van der Waals surface area (Å²) < 4.78 is 0. The third-order valence-corrected chi connectivity index (χ3v) is 4.51. The largest absolute Gasteiger partial charge is 0.390 e. The van der Waals surface area contributed by atoms with Gasteiger partial charge in [-0.3, -0.25) is 0 Å². The van der Waals surface area contributed by atoms with Crippen molar-refractivity contribution in [2.45, 2.75) is 45.3 Å². The molecular formula is C10H17O3. The molecule has 75 valence electrons. The van der Waals surface area contributed by atoms with Crippen LogP contribution in [-0.2, 0) is 10.1 Å². The highest BCUT2D eigenvalue weighted by Crippen LogP contribution is 2.63. The van der Waals surface area contributed by atoms with E-state index in [4.69, 9.17) is 0 Å². The maximum atomic E-state index is 10.7. The molecule has 4 atom stereocenters. The summed E-state index contributed by atoms with van der Waals surface area (Å²) in [5.41, 5.74) is -0.698. The van der Waals surface area contributed by atoms with Gasteiger partial charge in [0, 0.05) is 0 Å². The first-order chi connectivity index (χ1) is 5.93. The van der Waals surface area contributed by atoms with Gasteiger partial charge in [0.15, 0.2) is 0 Å². The van der Waals surface area contributed by atoms with Crippen LogP contribution in [0.1, 0.15) is 33.6 Å². The van der Waals surface area contributed by atoms with Crippen LogP contribution in [0.5, 0.6) is 0 Å². The van der Waals surface area contributed by atoms with Crippen LogP contribution in [0.4, 0.5) is 0 Å². The lowest BCUT2D eigenvalue weighted by Gasteiger charge is -2.64. The summed E-state index contributed by atoms with van der Waals surface area (Å²) in [6.45, 7) is 6.07. The lowest BCUT2D eigenvalue weighted by Crippen LogP contribution is -2.67. The molecule has 3 saturated carbocycles. The van der Waals surface area contributed by atoms with Crippen molar-refractivity contribution >= 4 is 0 Å². The molecule has 0 spiro atoms. The number of hydrogen-bond acceptors (Lipinski definition) is 2. The number of aliphatic hydroxyl groups is 1. The molecule has 3 rings (SSSR count). The Morgan fingerprint density at radius 1 is 1.31 bits per heavy atom. The van der Waals surface area contributed by atoms with E-state index in [1.165, 1.54) is 0 Å². The van der Waals surface area contributed by atoms with Crippen molar-refractivity contribution in [1.82, 2.24) is 0 Å². The molecule has 3 nitrogen and oxygen atoms in total. The first kappa shape index (κ1) is 9.44. The van der Waals surface area contributed by atoms with Crippen molar-refractivity contribution in [2.75, 3.05) is 0 Å². The molecule has 0 aliphatic heterocycles. The van der Waals surface area contributed by atoms with Crippen molar-refractivity contribution in [1.29, 1.82) is 0 Å². The highest BCUT2D eigenvalue weighted by Gasteiger charge is 2.64. The predicted molar refractivity (Wildman–Crippen MR) is 46.2 cm³/mol. The van der Waals surface area contributed by atoms with E-state index >= 15 is 0 Å². The average Bonchev–Trinajstić information content (AvgIpc) is 2.08. The van der Waals surface area contributed by atoms with Gasteiger partial charge in [0.2, 0.25) is 0 Å². The highest BCUT2D eigenvalue weighted by atomic mass is 17.1. The van der Waals surface area contributed by atoms with Crippen LogP contribution in [-0.4, -0.2) is 16.8 Å². The van der Waals surface area contributed by atoms with E-state index in [1.807, 2.05) is 0 Å². The van der Waals surface area contributed by atoms with Crippen LogP contribution in [0.3, 0.4) is 0 Å². The topological polar surface area (TPSA) is 49.4 Å². The number of aliphatic hydroxyl groups excluding tert-OH is 1. The van der Waals surface area contributed by atoms with E-state index in [0.717, 1.165) is 6.42 Å². The smallest absolute Gasteiger partial charge is 0.133 e. The van der Waals surface area contributed by atoms with Gasteiger partial charge in [0.1, 0.15) is 5.60 Å². The number of fused-ring (bicyclic) bond motifs is 2. The van der Waals surface area contributed by atoms with Crippen molar-refractivity contribution < 1.29 is 15.3 Å². The molecule has 0 heterocycles. The highest BCUT2D eigenvalue weighted by molar-refractivity contribution is 5.12. The Kier molecular flexibility index (Phi) is 1.79. The molecule has 3 aliphatic rings. The van der Waals surface area contributed by atoms with Gasteiger partial charge in [-0.1, -0.05) is 13.8 Å². The maximum absolute atomic E-state index is 10.7. The summed E-state index contributed by atoms with van der Waals surface area (Å²) in [7, 11) is 0. The zero-order valence-electron chi connectivity index (χ0n) is 8.41. The van der Waals surface area contributed by atoms with Crippen LogP contribution >= 0.6 is 0 Å². The summed E-state index contributed by atoms with van der Waals surface area (Å²) >= 11 is 0. The molecule has 13 heavy (non-hydrogen) atoms. The van der Waals surface area contributed by atoms with E-state index in [9.17, 15) is 10.4 Å². The first-order valence-corrected chi connectivity index (χ1v) is 4.92. The van der Waals surface area contributed by atoms with Gasteiger partial charge in [0.05, 0.1) is 6.10 Å². The summed E-state index contributed by atoms with van der Waals surface area (Å²) in [6.07, 6.45) is 1.16. The molecule has 0 saturated heterocycles. The monoisotopic (exact) mass is 185 g/mol. The third kappa shape index (κ3) is 0.953. The quantitative estimate of drug-likeness (QED) is 0.497. The Morgan fingerprint density at radius 3 is 2.31 bits per heavy atom. The van der Waals surface area contributed by atoms with Gasteiger partial charge >= 0.3 is 0 Å². The summed E-state index contributed by atoms with van der Waals surface area (Å²) in [5, 5.41) is 20.4. The molecule has 0 aromatic heterocycles. The Bertz CT molecular complexity index is 226. The van der Waals surface area contributed by atoms with E-state index in [2.05, 4.69) is 18.7 Å². The Balaban J connectivity index is 2.27. The van der Waals surface area contributed by atoms with Crippen LogP contribution in [0.15, 0.2) is 0 Å². The molecule has 3 aliphatic carbocycles. The minimum Gasteiger partial charge on any atom is -0.390 e. The van der Waals surface area contributed by atoms with E-state index in [0.29, 0.717) is 12.3 Å². The second-order valence-electron chi connectivity index (χ2n) is 5.33. The normalized spacial score (nSPS) is 52.8. The molecule has 0 amide bonds. The second kappa shape index (κ2) is 2.47. The average molecular weight is 185 g/mol. The fourth-order valence-electron chi connectivity index (χ4n) is 3.24. The number of rotatable bonds is 1. The zero-order valence-corrected chi connectivity index (χ0v) is 8.41. The second-order valence-corrected chi connectivity index (χ2v) is 5.33. The molecule has 0 aromatic carbocycles. The molecule has 1 N–H and O–H groups in total. The van der Waals surface area contributed by atoms with Crippen LogP contribution in [0.25, 0.3) is 0 Å².